The average molecular weight is 486 g/mol. The van der Waals surface area contributed by atoms with Gasteiger partial charge in [0.2, 0.25) is 0 Å². The Balaban J connectivity index is 2.62. The van der Waals surface area contributed by atoms with Gasteiger partial charge < -0.3 is 14.8 Å². The first kappa shape index (κ1) is 28.8. The van der Waals surface area contributed by atoms with Crippen molar-refractivity contribution in [3.05, 3.63) is 58.7 Å². The number of aryl methyl sites for hydroxylation is 1. The van der Waals surface area contributed by atoms with Crippen LogP contribution in [0, 0.1) is 6.92 Å². The minimum atomic E-state index is -0.0249. The van der Waals surface area contributed by atoms with E-state index in [4.69, 9.17) is 9.47 Å². The maximum atomic E-state index is 6.24. The van der Waals surface area contributed by atoms with Crippen molar-refractivity contribution in [2.45, 2.75) is 104 Å². The molecule has 190 valence electrons. The van der Waals surface area contributed by atoms with Crippen LogP contribution in [-0.4, -0.2) is 19.4 Å². The van der Waals surface area contributed by atoms with Crippen molar-refractivity contribution in [1.29, 1.82) is 0 Å². The van der Waals surface area contributed by atoms with Crippen LogP contribution in [0.5, 0.6) is 5.75 Å². The molecule has 0 aliphatic carbocycles. The molecule has 0 saturated carbocycles. The molecule has 2 atom stereocenters. The summed E-state index contributed by atoms with van der Waals surface area (Å²) in [4.78, 5) is 0. The molecule has 4 heteroatoms. The van der Waals surface area contributed by atoms with Crippen LogP contribution in [0.2, 0.25) is 0 Å². The van der Waals surface area contributed by atoms with E-state index >= 15 is 0 Å². The molecule has 3 nitrogen and oxygen atoms in total. The van der Waals surface area contributed by atoms with Gasteiger partial charge in [-0.1, -0.05) is 92.4 Å². The van der Waals surface area contributed by atoms with E-state index < -0.39 is 0 Å². The fourth-order valence-electron chi connectivity index (χ4n) is 4.18. The molecule has 0 aromatic heterocycles. The predicted molar refractivity (Wildman–Crippen MR) is 150 cm³/mol. The summed E-state index contributed by atoms with van der Waals surface area (Å²) in [6, 6.07) is 13.6. The van der Waals surface area contributed by atoms with Gasteiger partial charge in [-0.15, -0.1) is 0 Å². The van der Waals surface area contributed by atoms with Gasteiger partial charge in [-0.2, -0.15) is 0 Å². The van der Waals surface area contributed by atoms with Crippen molar-refractivity contribution < 1.29 is 9.47 Å². The zero-order valence-electron chi connectivity index (χ0n) is 23.3. The summed E-state index contributed by atoms with van der Waals surface area (Å²) in [7, 11) is 2.33. The Bertz CT molecular complexity index is 926. The molecule has 0 heterocycles. The summed E-state index contributed by atoms with van der Waals surface area (Å²) in [6.45, 7) is 21.6. The third-order valence-corrected chi connectivity index (χ3v) is 8.15. The smallest absolute Gasteiger partial charge is 0.188 e. The SMILES string of the molecule is CCCCC(C)(Pc1ccccc1CNC(C)(C)C)c1cc(C(C)(C)C)cc(C)c1OCOC. The molecule has 0 fully saturated rings. The molecule has 0 aliphatic heterocycles. The Kier molecular flexibility index (Phi) is 10.2. The molecule has 0 amide bonds. The summed E-state index contributed by atoms with van der Waals surface area (Å²) in [6.07, 6.45) is 3.49. The normalized spacial score (nSPS) is 14.5. The average Bonchev–Trinajstić information content (AvgIpc) is 2.74. The summed E-state index contributed by atoms with van der Waals surface area (Å²) in [5.74, 6) is 0.992. The van der Waals surface area contributed by atoms with Gasteiger partial charge in [0.05, 0.1) is 0 Å². The molecule has 0 aliphatic rings. The highest BCUT2D eigenvalue weighted by Gasteiger charge is 2.33. The summed E-state index contributed by atoms with van der Waals surface area (Å²) >= 11 is 0. The quantitative estimate of drug-likeness (QED) is 0.263. The van der Waals surface area contributed by atoms with E-state index in [-0.39, 0.29) is 22.9 Å². The van der Waals surface area contributed by atoms with Crippen molar-refractivity contribution >= 4 is 13.9 Å². The van der Waals surface area contributed by atoms with Crippen molar-refractivity contribution in [2.24, 2.45) is 0 Å². The van der Waals surface area contributed by atoms with Crippen molar-refractivity contribution in [3.63, 3.8) is 0 Å². The van der Waals surface area contributed by atoms with Crippen molar-refractivity contribution in [2.75, 3.05) is 13.9 Å². The molecule has 0 bridgehead atoms. The van der Waals surface area contributed by atoms with Crippen LogP contribution >= 0.6 is 8.58 Å². The van der Waals surface area contributed by atoms with E-state index in [0.717, 1.165) is 18.7 Å². The van der Waals surface area contributed by atoms with Gasteiger partial charge >= 0.3 is 0 Å². The first-order chi connectivity index (χ1) is 15.8. The number of hydrogen-bond acceptors (Lipinski definition) is 3. The lowest BCUT2D eigenvalue weighted by Gasteiger charge is -2.35. The van der Waals surface area contributed by atoms with Crippen LogP contribution in [0.1, 0.15) is 96.9 Å². The van der Waals surface area contributed by atoms with Gasteiger partial charge in [0.15, 0.2) is 6.79 Å². The number of nitrogens with one attached hydrogen (secondary N) is 1. The second-order valence-corrected chi connectivity index (χ2v) is 13.7. The van der Waals surface area contributed by atoms with Gasteiger partial charge in [-0.05, 0) is 61.5 Å². The van der Waals surface area contributed by atoms with Gasteiger partial charge in [0.1, 0.15) is 5.75 Å². The van der Waals surface area contributed by atoms with E-state index in [1.165, 1.54) is 40.4 Å². The van der Waals surface area contributed by atoms with Crippen LogP contribution in [0.3, 0.4) is 0 Å². The lowest BCUT2D eigenvalue weighted by Crippen LogP contribution is -2.36. The van der Waals surface area contributed by atoms with E-state index in [2.05, 4.69) is 104 Å². The van der Waals surface area contributed by atoms with Crippen LogP contribution in [0.15, 0.2) is 36.4 Å². The Morgan fingerprint density at radius 3 is 2.24 bits per heavy atom. The van der Waals surface area contributed by atoms with Crippen molar-refractivity contribution in [1.82, 2.24) is 5.32 Å². The van der Waals surface area contributed by atoms with Crippen molar-refractivity contribution in [3.8, 4) is 5.75 Å². The number of ether oxygens (including phenoxy) is 2. The molecule has 1 N–H and O–H groups in total. The minimum Gasteiger partial charge on any atom is -0.467 e. The third-order valence-electron chi connectivity index (χ3n) is 6.32. The molecule has 2 aromatic carbocycles. The highest BCUT2D eigenvalue weighted by Crippen LogP contribution is 2.50. The molecule has 0 radical (unpaired) electrons. The summed E-state index contributed by atoms with van der Waals surface area (Å²) < 4.78 is 11.6. The highest BCUT2D eigenvalue weighted by atomic mass is 31.1. The maximum absolute atomic E-state index is 6.24. The summed E-state index contributed by atoms with van der Waals surface area (Å²) in [5, 5.41) is 5.10. The van der Waals surface area contributed by atoms with E-state index in [1.807, 2.05) is 0 Å². The molecule has 0 spiro atoms. The standard InChI is InChI=1S/C30H48NO2P/c1-11-12-17-30(9,34-26-16-14-13-15-23(26)20-31-29(6,7)8)25-19-24(28(3,4)5)18-22(2)27(25)33-21-32-10/h13-16,18-19,31,34H,11-12,17,20-21H2,1-10H3. The van der Waals surface area contributed by atoms with Crippen LogP contribution < -0.4 is 15.4 Å². The topological polar surface area (TPSA) is 30.5 Å². The first-order valence-electron chi connectivity index (χ1n) is 12.7. The summed E-state index contributed by atoms with van der Waals surface area (Å²) in [5.41, 5.74) is 5.42. The van der Waals surface area contributed by atoms with Crippen LogP contribution in [0.25, 0.3) is 0 Å². The fourth-order valence-corrected chi connectivity index (χ4v) is 5.90. The number of hydrogen-bond donors (Lipinski definition) is 1. The molecular weight excluding hydrogens is 437 g/mol. The minimum absolute atomic E-state index is 0.0249. The Morgan fingerprint density at radius 2 is 1.65 bits per heavy atom. The van der Waals surface area contributed by atoms with Gasteiger partial charge in [-0.25, -0.2) is 0 Å². The Hall–Kier alpha value is -1.41. The highest BCUT2D eigenvalue weighted by molar-refractivity contribution is 7.48. The predicted octanol–water partition coefficient (Wildman–Crippen LogP) is 7.57. The zero-order valence-corrected chi connectivity index (χ0v) is 24.3. The van der Waals surface area contributed by atoms with Gasteiger partial charge in [-0.3, -0.25) is 0 Å². The van der Waals surface area contributed by atoms with E-state index in [0.29, 0.717) is 8.58 Å². The molecule has 0 saturated heterocycles. The lowest BCUT2D eigenvalue weighted by atomic mass is 9.82. The number of unbranched alkanes of at least 4 members (excludes halogenated alkanes) is 1. The van der Waals surface area contributed by atoms with E-state index in [1.54, 1.807) is 7.11 Å². The second-order valence-electron chi connectivity index (χ2n) is 11.8. The maximum Gasteiger partial charge on any atom is 0.188 e. The number of rotatable bonds is 11. The van der Waals surface area contributed by atoms with Crippen LogP contribution in [-0.2, 0) is 21.9 Å². The third kappa shape index (κ3) is 8.08. The second kappa shape index (κ2) is 12.0. The molecule has 2 aromatic rings. The Morgan fingerprint density at radius 1 is 0.971 bits per heavy atom. The monoisotopic (exact) mass is 485 g/mol. The van der Waals surface area contributed by atoms with E-state index in [9.17, 15) is 0 Å². The lowest BCUT2D eigenvalue weighted by molar-refractivity contribution is 0.0495. The van der Waals surface area contributed by atoms with Gasteiger partial charge in [0.25, 0.3) is 0 Å². The zero-order chi connectivity index (χ0) is 25.6. The Labute approximate surface area is 211 Å². The number of benzene rings is 2. The molecule has 2 rings (SSSR count). The molecule has 34 heavy (non-hydrogen) atoms. The fraction of sp³-hybridized carbons (Fsp3) is 0.600. The largest absolute Gasteiger partial charge is 0.467 e. The molecule has 2 unspecified atom stereocenters. The molecular formula is C30H48NO2P. The van der Waals surface area contributed by atoms with Gasteiger partial charge in [0, 0.05) is 29.9 Å². The number of methoxy groups -OCH3 is 1. The van der Waals surface area contributed by atoms with Crippen LogP contribution in [0.4, 0.5) is 0 Å². The first-order valence-corrected chi connectivity index (χ1v) is 13.7.